The number of rotatable bonds is 0. The van der Waals surface area contributed by atoms with Gasteiger partial charge in [0.25, 0.3) is 0 Å². The lowest BCUT2D eigenvalue weighted by molar-refractivity contribution is -0.125. The topological polar surface area (TPSA) is 57.5 Å². The van der Waals surface area contributed by atoms with E-state index in [1.807, 2.05) is 0 Å². The molecule has 4 aliphatic carbocycles. The van der Waals surface area contributed by atoms with Gasteiger partial charge in [-0.15, -0.1) is 6.42 Å². The maximum Gasteiger partial charge on any atom is 0.136 e. The van der Waals surface area contributed by atoms with Gasteiger partial charge in [0.1, 0.15) is 11.4 Å². The van der Waals surface area contributed by atoms with Crippen molar-refractivity contribution in [3.63, 3.8) is 0 Å². The number of aliphatic hydroxyl groups excluding tert-OH is 1. The van der Waals surface area contributed by atoms with Crippen LogP contribution in [0.15, 0.2) is 11.6 Å². The fraction of sp³-hybridized carbons (Fsp3) is 0.762. The van der Waals surface area contributed by atoms with E-state index >= 15 is 0 Å². The highest BCUT2D eigenvalue weighted by Gasteiger charge is 2.66. The zero-order valence-electron chi connectivity index (χ0n) is 14.7. The fourth-order valence-electron chi connectivity index (χ4n) is 6.81. The van der Waals surface area contributed by atoms with Crippen molar-refractivity contribution in [2.75, 3.05) is 0 Å². The van der Waals surface area contributed by atoms with Crippen LogP contribution < -0.4 is 0 Å². The molecular formula is C21H28O3. The summed E-state index contributed by atoms with van der Waals surface area (Å²) < 4.78 is 0. The Morgan fingerprint density at radius 1 is 1.33 bits per heavy atom. The van der Waals surface area contributed by atoms with Crippen molar-refractivity contribution in [2.45, 2.75) is 70.5 Å². The third-order valence-corrected chi connectivity index (χ3v) is 8.29. The molecule has 0 aromatic carbocycles. The minimum atomic E-state index is -1.20. The van der Waals surface area contributed by atoms with Gasteiger partial charge in [-0.3, -0.25) is 4.79 Å². The van der Waals surface area contributed by atoms with Crippen molar-refractivity contribution >= 4 is 5.78 Å². The summed E-state index contributed by atoms with van der Waals surface area (Å²) in [5.41, 5.74) is -0.207. The number of carbonyl (C=O) groups is 1. The highest BCUT2D eigenvalue weighted by molar-refractivity contribution is 5.82. The monoisotopic (exact) mass is 328 g/mol. The van der Waals surface area contributed by atoms with E-state index in [4.69, 9.17) is 6.42 Å². The number of aliphatic hydroxyl groups is 2. The first-order chi connectivity index (χ1) is 11.2. The molecule has 3 fully saturated rings. The third-order valence-electron chi connectivity index (χ3n) is 8.29. The molecule has 0 radical (unpaired) electrons. The summed E-state index contributed by atoms with van der Waals surface area (Å²) in [7, 11) is 0. The van der Waals surface area contributed by atoms with Gasteiger partial charge in [-0.2, -0.15) is 0 Å². The Morgan fingerprint density at radius 3 is 2.79 bits per heavy atom. The predicted molar refractivity (Wildman–Crippen MR) is 91.9 cm³/mol. The zero-order valence-corrected chi connectivity index (χ0v) is 14.7. The molecular weight excluding hydrogens is 300 g/mol. The molecule has 0 heterocycles. The maximum atomic E-state index is 11.9. The largest absolute Gasteiger partial charge is 0.393 e. The van der Waals surface area contributed by atoms with Gasteiger partial charge in [0.15, 0.2) is 0 Å². The van der Waals surface area contributed by atoms with E-state index in [9.17, 15) is 15.0 Å². The van der Waals surface area contributed by atoms with E-state index in [0.29, 0.717) is 36.9 Å². The molecule has 3 heteroatoms. The fourth-order valence-corrected chi connectivity index (χ4v) is 6.81. The average molecular weight is 328 g/mol. The van der Waals surface area contributed by atoms with E-state index < -0.39 is 17.1 Å². The summed E-state index contributed by atoms with van der Waals surface area (Å²) in [5, 5.41) is 21.8. The second-order valence-electron chi connectivity index (χ2n) is 9.13. The Balaban J connectivity index is 1.74. The number of terminal acetylenes is 1. The van der Waals surface area contributed by atoms with Crippen LogP contribution in [0.25, 0.3) is 0 Å². The molecule has 0 aromatic heterocycles. The van der Waals surface area contributed by atoms with E-state index in [1.54, 1.807) is 0 Å². The van der Waals surface area contributed by atoms with Gasteiger partial charge in [-0.1, -0.05) is 31.4 Å². The SMILES string of the molecule is C#C[C@]1(O)C[C@@H](O)[C@H]2[C@@H]3CC=C4CC(=O)CC[C@]4(C)[C@H]3CC[C@@]21C. The van der Waals surface area contributed by atoms with Gasteiger partial charge in [0.2, 0.25) is 0 Å². The molecule has 0 unspecified atom stereocenters. The van der Waals surface area contributed by atoms with Crippen molar-refractivity contribution in [3.05, 3.63) is 11.6 Å². The summed E-state index contributed by atoms with van der Waals surface area (Å²) >= 11 is 0. The number of carbonyl (C=O) groups excluding carboxylic acids is 1. The van der Waals surface area contributed by atoms with Crippen LogP contribution in [0, 0.1) is 40.9 Å². The van der Waals surface area contributed by atoms with Crippen LogP contribution in [0.5, 0.6) is 0 Å². The molecule has 24 heavy (non-hydrogen) atoms. The second-order valence-corrected chi connectivity index (χ2v) is 9.13. The number of Topliss-reactive ketones (excluding diaryl/α,β-unsaturated/α-hetero) is 1. The van der Waals surface area contributed by atoms with Crippen molar-refractivity contribution in [1.82, 2.24) is 0 Å². The summed E-state index contributed by atoms with van der Waals surface area (Å²) in [6.07, 6.45) is 12.7. The molecule has 0 aliphatic heterocycles. The summed E-state index contributed by atoms with van der Waals surface area (Å²) in [6.45, 7) is 4.40. The van der Waals surface area contributed by atoms with Gasteiger partial charge >= 0.3 is 0 Å². The lowest BCUT2D eigenvalue weighted by Gasteiger charge is -2.58. The molecule has 0 amide bonds. The molecule has 2 N–H and O–H groups in total. The van der Waals surface area contributed by atoms with Crippen molar-refractivity contribution < 1.29 is 15.0 Å². The van der Waals surface area contributed by atoms with Crippen molar-refractivity contribution in [1.29, 1.82) is 0 Å². The molecule has 4 aliphatic rings. The molecule has 130 valence electrons. The van der Waals surface area contributed by atoms with Gasteiger partial charge in [-0.05, 0) is 48.9 Å². The first kappa shape index (κ1) is 16.4. The summed E-state index contributed by atoms with van der Waals surface area (Å²) in [4.78, 5) is 11.9. The van der Waals surface area contributed by atoms with Gasteiger partial charge in [-0.25, -0.2) is 0 Å². The Labute approximate surface area is 144 Å². The first-order valence-electron chi connectivity index (χ1n) is 9.34. The van der Waals surface area contributed by atoms with E-state index in [-0.39, 0.29) is 11.3 Å². The van der Waals surface area contributed by atoms with Crippen LogP contribution in [0.4, 0.5) is 0 Å². The smallest absolute Gasteiger partial charge is 0.136 e. The van der Waals surface area contributed by atoms with Gasteiger partial charge in [0.05, 0.1) is 6.10 Å². The lowest BCUT2D eigenvalue weighted by atomic mass is 9.47. The minimum Gasteiger partial charge on any atom is -0.393 e. The van der Waals surface area contributed by atoms with Crippen LogP contribution >= 0.6 is 0 Å². The molecule has 0 bridgehead atoms. The molecule has 3 nitrogen and oxygen atoms in total. The zero-order chi connectivity index (χ0) is 17.3. The normalized spacial score (nSPS) is 53.5. The number of hydrogen-bond donors (Lipinski definition) is 2. The maximum absolute atomic E-state index is 11.9. The number of allylic oxidation sites excluding steroid dienone is 2. The standard InChI is InChI=1S/C21H28O3/c1-4-21(24)12-17(23)18-15-6-5-13-11-14(22)7-9-19(13,2)16(15)8-10-20(18,21)3/h1,5,15-18,23-24H,6-12H2,2-3H3/t15-,16+,17-,18-,19+,20+,21+/m1/s1. The summed E-state index contributed by atoms with van der Waals surface area (Å²) in [6, 6.07) is 0. The van der Waals surface area contributed by atoms with Crippen molar-refractivity contribution in [3.8, 4) is 12.3 Å². The molecule has 0 spiro atoms. The molecule has 7 atom stereocenters. The van der Waals surface area contributed by atoms with Crippen LogP contribution in [0.1, 0.15) is 58.8 Å². The van der Waals surface area contributed by atoms with E-state index in [2.05, 4.69) is 25.8 Å². The Morgan fingerprint density at radius 2 is 2.08 bits per heavy atom. The average Bonchev–Trinajstić information content (AvgIpc) is 2.75. The third kappa shape index (κ3) is 1.85. The van der Waals surface area contributed by atoms with Crippen LogP contribution in [0.3, 0.4) is 0 Å². The second kappa shape index (κ2) is 4.96. The van der Waals surface area contributed by atoms with E-state index in [1.165, 1.54) is 5.57 Å². The molecule has 4 rings (SSSR count). The molecule has 0 saturated heterocycles. The van der Waals surface area contributed by atoms with Crippen LogP contribution in [-0.2, 0) is 4.79 Å². The lowest BCUT2D eigenvalue weighted by Crippen LogP contribution is -2.55. The molecule has 0 aromatic rings. The number of fused-ring (bicyclic) bond motifs is 5. The van der Waals surface area contributed by atoms with E-state index in [0.717, 1.165) is 25.7 Å². The minimum absolute atomic E-state index is 0.0459. The number of ketones is 1. The van der Waals surface area contributed by atoms with Crippen molar-refractivity contribution in [2.24, 2.45) is 28.6 Å². The highest BCUT2D eigenvalue weighted by Crippen LogP contribution is 2.66. The van der Waals surface area contributed by atoms with Gasteiger partial charge in [0, 0.05) is 24.7 Å². The van der Waals surface area contributed by atoms with Gasteiger partial charge < -0.3 is 10.2 Å². The predicted octanol–water partition coefficient (Wildman–Crippen LogP) is 2.85. The summed E-state index contributed by atoms with van der Waals surface area (Å²) in [5.74, 6) is 3.86. The quantitative estimate of drug-likeness (QED) is 0.531. The Kier molecular flexibility index (Phi) is 3.38. The number of hydrogen-bond acceptors (Lipinski definition) is 3. The van der Waals surface area contributed by atoms with Crippen LogP contribution in [-0.4, -0.2) is 27.7 Å². The molecule has 3 saturated carbocycles. The van der Waals surface area contributed by atoms with Crippen LogP contribution in [0.2, 0.25) is 0 Å². The first-order valence-corrected chi connectivity index (χ1v) is 9.34. The Hall–Kier alpha value is -1.11. The highest BCUT2D eigenvalue weighted by atomic mass is 16.3. The Bertz CT molecular complexity index is 658.